The van der Waals surface area contributed by atoms with Crippen LogP contribution >= 0.6 is 15.9 Å². The zero-order valence-electron chi connectivity index (χ0n) is 14.3. The molecule has 0 radical (unpaired) electrons. The lowest BCUT2D eigenvalue weighted by atomic mass is 9.84. The standard InChI is InChI=1S/C18H17BrN4O3/c1-18(2,12-6-4-3-5-7-12)11-20-17(24)14-9-15-16(23(25)26)8-13(19)10-22(15)21-14/h3-10H,11H2,1-2H3,(H,20,24). The van der Waals surface area contributed by atoms with Gasteiger partial charge < -0.3 is 5.32 Å². The Morgan fingerprint density at radius 1 is 1.31 bits per heavy atom. The molecule has 0 aliphatic carbocycles. The molecule has 0 unspecified atom stereocenters. The number of carbonyl (C=O) groups is 1. The summed E-state index contributed by atoms with van der Waals surface area (Å²) in [6, 6.07) is 12.7. The van der Waals surface area contributed by atoms with Gasteiger partial charge in [0.15, 0.2) is 5.69 Å². The Morgan fingerprint density at radius 3 is 2.65 bits per heavy atom. The Hall–Kier alpha value is -2.74. The number of nitro groups is 1. The van der Waals surface area contributed by atoms with Crippen molar-refractivity contribution >= 4 is 33.0 Å². The topological polar surface area (TPSA) is 89.5 Å². The van der Waals surface area contributed by atoms with E-state index in [0.29, 0.717) is 11.0 Å². The van der Waals surface area contributed by atoms with E-state index in [0.717, 1.165) is 5.56 Å². The second-order valence-corrected chi connectivity index (χ2v) is 7.51. The molecule has 26 heavy (non-hydrogen) atoms. The molecule has 3 aromatic rings. The number of nitrogens with one attached hydrogen (secondary N) is 1. The zero-order chi connectivity index (χ0) is 18.9. The molecule has 134 valence electrons. The summed E-state index contributed by atoms with van der Waals surface area (Å²) in [5, 5.41) is 18.2. The molecule has 2 aromatic heterocycles. The minimum Gasteiger partial charge on any atom is -0.350 e. The number of rotatable bonds is 5. The highest BCUT2D eigenvalue weighted by molar-refractivity contribution is 9.10. The van der Waals surface area contributed by atoms with E-state index in [1.165, 1.54) is 16.6 Å². The first kappa shape index (κ1) is 18.1. The molecular weight excluding hydrogens is 400 g/mol. The zero-order valence-corrected chi connectivity index (χ0v) is 15.9. The monoisotopic (exact) mass is 416 g/mol. The predicted molar refractivity (Wildman–Crippen MR) is 101 cm³/mol. The molecule has 0 atom stereocenters. The van der Waals surface area contributed by atoms with Crippen LogP contribution in [0.4, 0.5) is 5.69 Å². The Morgan fingerprint density at radius 2 is 2.00 bits per heavy atom. The Kier molecular flexibility index (Phi) is 4.78. The van der Waals surface area contributed by atoms with E-state index in [2.05, 4.69) is 26.3 Å². The fourth-order valence-corrected chi connectivity index (χ4v) is 3.09. The fraction of sp³-hybridized carbons (Fsp3) is 0.222. The van der Waals surface area contributed by atoms with E-state index in [9.17, 15) is 14.9 Å². The van der Waals surface area contributed by atoms with E-state index in [4.69, 9.17) is 0 Å². The molecule has 7 nitrogen and oxygen atoms in total. The number of hydrogen-bond donors (Lipinski definition) is 1. The lowest BCUT2D eigenvalue weighted by Crippen LogP contribution is -2.36. The van der Waals surface area contributed by atoms with E-state index in [1.54, 1.807) is 6.20 Å². The summed E-state index contributed by atoms with van der Waals surface area (Å²) in [5.41, 5.74) is 1.14. The molecule has 0 spiro atoms. The Labute approximate surface area is 158 Å². The maximum Gasteiger partial charge on any atom is 0.296 e. The van der Waals surface area contributed by atoms with E-state index in [-0.39, 0.29) is 28.2 Å². The summed E-state index contributed by atoms with van der Waals surface area (Å²) in [7, 11) is 0. The van der Waals surface area contributed by atoms with Gasteiger partial charge in [0.05, 0.1) is 4.92 Å². The van der Waals surface area contributed by atoms with Crippen LogP contribution in [0.1, 0.15) is 29.9 Å². The van der Waals surface area contributed by atoms with Crippen molar-refractivity contribution in [2.45, 2.75) is 19.3 Å². The van der Waals surface area contributed by atoms with Gasteiger partial charge in [0.1, 0.15) is 5.52 Å². The van der Waals surface area contributed by atoms with Gasteiger partial charge >= 0.3 is 0 Å². The molecule has 1 N–H and O–H groups in total. The summed E-state index contributed by atoms with van der Waals surface area (Å²) < 4.78 is 1.84. The lowest BCUT2D eigenvalue weighted by Gasteiger charge is -2.25. The third-order valence-corrected chi connectivity index (χ3v) is 4.63. The fourth-order valence-electron chi connectivity index (χ4n) is 2.68. The third kappa shape index (κ3) is 3.60. The number of nitrogens with zero attached hydrogens (tertiary/aromatic N) is 3. The first-order chi connectivity index (χ1) is 12.3. The van der Waals surface area contributed by atoms with Gasteiger partial charge in [0, 0.05) is 34.8 Å². The molecule has 8 heteroatoms. The van der Waals surface area contributed by atoms with Gasteiger partial charge in [-0.2, -0.15) is 5.10 Å². The largest absolute Gasteiger partial charge is 0.350 e. The van der Waals surface area contributed by atoms with Crippen molar-refractivity contribution in [1.82, 2.24) is 14.9 Å². The lowest BCUT2D eigenvalue weighted by molar-refractivity contribution is -0.383. The molecule has 3 rings (SSSR count). The number of halogens is 1. The number of pyridine rings is 1. The van der Waals surface area contributed by atoms with Crippen molar-refractivity contribution in [2.24, 2.45) is 0 Å². The highest BCUT2D eigenvalue weighted by Gasteiger charge is 2.23. The van der Waals surface area contributed by atoms with Gasteiger partial charge in [-0.25, -0.2) is 4.52 Å². The highest BCUT2D eigenvalue weighted by Crippen LogP contribution is 2.25. The summed E-state index contributed by atoms with van der Waals surface area (Å²) in [4.78, 5) is 23.2. The SMILES string of the molecule is CC(C)(CNC(=O)c1cc2c([N+](=O)[O-])cc(Br)cn2n1)c1ccccc1. The number of fused-ring (bicyclic) bond motifs is 1. The van der Waals surface area contributed by atoms with Crippen LogP contribution < -0.4 is 5.32 Å². The van der Waals surface area contributed by atoms with Crippen molar-refractivity contribution in [2.75, 3.05) is 6.54 Å². The predicted octanol–water partition coefficient (Wildman–Crippen LogP) is 3.71. The molecule has 1 aromatic carbocycles. The molecule has 0 saturated heterocycles. The highest BCUT2D eigenvalue weighted by atomic mass is 79.9. The van der Waals surface area contributed by atoms with Gasteiger partial charge in [-0.1, -0.05) is 44.2 Å². The summed E-state index contributed by atoms with van der Waals surface area (Å²) in [6.45, 7) is 4.48. The van der Waals surface area contributed by atoms with Gasteiger partial charge in [-0.05, 0) is 21.5 Å². The molecule has 0 bridgehead atoms. The molecule has 2 heterocycles. The number of benzene rings is 1. The summed E-state index contributed by atoms with van der Waals surface area (Å²) in [5.74, 6) is -0.372. The van der Waals surface area contributed by atoms with Gasteiger partial charge in [-0.3, -0.25) is 14.9 Å². The second-order valence-electron chi connectivity index (χ2n) is 6.59. The molecule has 0 saturated carbocycles. The van der Waals surface area contributed by atoms with Crippen LogP contribution in [0.5, 0.6) is 0 Å². The van der Waals surface area contributed by atoms with Crippen molar-refractivity contribution in [3.8, 4) is 0 Å². The average Bonchev–Trinajstić information content (AvgIpc) is 3.03. The van der Waals surface area contributed by atoms with Crippen molar-refractivity contribution in [3.63, 3.8) is 0 Å². The smallest absolute Gasteiger partial charge is 0.296 e. The van der Waals surface area contributed by atoms with E-state index >= 15 is 0 Å². The van der Waals surface area contributed by atoms with Gasteiger partial charge in [0.25, 0.3) is 11.6 Å². The average molecular weight is 417 g/mol. The van der Waals surface area contributed by atoms with Crippen LogP contribution in [0.3, 0.4) is 0 Å². The van der Waals surface area contributed by atoms with Crippen LogP contribution in [-0.4, -0.2) is 27.0 Å². The normalized spacial score (nSPS) is 11.5. The second kappa shape index (κ2) is 6.87. The minimum atomic E-state index is -0.498. The number of carbonyl (C=O) groups excluding carboxylic acids is 1. The van der Waals surface area contributed by atoms with Crippen LogP contribution in [0, 0.1) is 10.1 Å². The quantitative estimate of drug-likeness (QED) is 0.506. The number of hydrogen-bond acceptors (Lipinski definition) is 4. The van der Waals surface area contributed by atoms with Gasteiger partial charge in [0.2, 0.25) is 0 Å². The first-order valence-electron chi connectivity index (χ1n) is 7.95. The maximum absolute atomic E-state index is 12.5. The Balaban J connectivity index is 1.82. The van der Waals surface area contributed by atoms with Crippen molar-refractivity contribution in [3.05, 3.63) is 74.5 Å². The molecule has 0 fully saturated rings. The van der Waals surface area contributed by atoms with Crippen LogP contribution in [0.15, 0.2) is 53.1 Å². The van der Waals surface area contributed by atoms with Crippen LogP contribution in [-0.2, 0) is 5.41 Å². The minimum absolute atomic E-state index is 0.115. The number of amides is 1. The summed E-state index contributed by atoms with van der Waals surface area (Å²) >= 11 is 3.21. The van der Waals surface area contributed by atoms with Crippen molar-refractivity contribution in [1.29, 1.82) is 0 Å². The molecule has 0 aliphatic heterocycles. The maximum atomic E-state index is 12.5. The molecular formula is C18H17BrN4O3. The van der Waals surface area contributed by atoms with Crippen LogP contribution in [0.2, 0.25) is 0 Å². The first-order valence-corrected chi connectivity index (χ1v) is 8.74. The van der Waals surface area contributed by atoms with Gasteiger partial charge in [-0.15, -0.1) is 0 Å². The molecule has 1 amide bonds. The van der Waals surface area contributed by atoms with Crippen LogP contribution in [0.25, 0.3) is 5.52 Å². The van der Waals surface area contributed by atoms with Crippen molar-refractivity contribution < 1.29 is 9.72 Å². The number of aromatic nitrogens is 2. The van der Waals surface area contributed by atoms with E-state index in [1.807, 2.05) is 44.2 Å². The third-order valence-electron chi connectivity index (χ3n) is 4.19. The Bertz CT molecular complexity index is 983. The van der Waals surface area contributed by atoms with E-state index < -0.39 is 4.92 Å². The molecule has 0 aliphatic rings. The summed E-state index contributed by atoms with van der Waals surface area (Å²) in [6.07, 6.45) is 1.58.